The molecule has 8 heteroatoms. The molecular formula is C33H31N3O5. The van der Waals surface area contributed by atoms with Crippen LogP contribution in [0.3, 0.4) is 0 Å². The predicted octanol–water partition coefficient (Wildman–Crippen LogP) is 5.52. The van der Waals surface area contributed by atoms with Crippen molar-refractivity contribution in [3.8, 4) is 17.2 Å². The second-order valence-electron chi connectivity index (χ2n) is 10.2. The Labute approximate surface area is 237 Å². The smallest absolute Gasteiger partial charge is 0.257 e. The summed E-state index contributed by atoms with van der Waals surface area (Å²) in [6.45, 7) is 2.65. The first-order valence-corrected chi connectivity index (χ1v) is 13.5. The molecule has 0 saturated heterocycles. The Morgan fingerprint density at radius 3 is 2.05 bits per heavy atom. The van der Waals surface area contributed by atoms with Crippen molar-refractivity contribution in [2.24, 2.45) is 0 Å². The maximum absolute atomic E-state index is 13.3. The van der Waals surface area contributed by atoms with Crippen molar-refractivity contribution in [1.82, 2.24) is 9.88 Å². The molecule has 0 saturated carbocycles. The zero-order valence-corrected chi connectivity index (χ0v) is 23.2. The number of amides is 1. The maximum atomic E-state index is 13.3. The molecule has 0 radical (unpaired) electrons. The molecule has 0 aliphatic carbocycles. The third-order valence-corrected chi connectivity index (χ3v) is 7.72. The summed E-state index contributed by atoms with van der Waals surface area (Å²) in [5, 5.41) is 3.95. The second-order valence-corrected chi connectivity index (χ2v) is 10.2. The van der Waals surface area contributed by atoms with E-state index in [-0.39, 0.29) is 11.3 Å². The number of para-hydroxylation sites is 2. The van der Waals surface area contributed by atoms with Gasteiger partial charge >= 0.3 is 0 Å². The Morgan fingerprint density at radius 2 is 1.41 bits per heavy atom. The van der Waals surface area contributed by atoms with Crippen molar-refractivity contribution < 1.29 is 19.0 Å². The summed E-state index contributed by atoms with van der Waals surface area (Å²) in [5.74, 6) is 1.76. The van der Waals surface area contributed by atoms with Gasteiger partial charge in [-0.3, -0.25) is 14.5 Å². The van der Waals surface area contributed by atoms with E-state index in [0.717, 1.165) is 37.6 Å². The summed E-state index contributed by atoms with van der Waals surface area (Å²) in [4.78, 5) is 32.2. The lowest BCUT2D eigenvalue weighted by molar-refractivity contribution is 0.102. The van der Waals surface area contributed by atoms with Crippen molar-refractivity contribution in [3.63, 3.8) is 0 Å². The number of methoxy groups -OCH3 is 3. The Kier molecular flexibility index (Phi) is 7.07. The molecule has 0 spiro atoms. The molecule has 0 bridgehead atoms. The molecule has 2 heterocycles. The van der Waals surface area contributed by atoms with E-state index in [1.807, 2.05) is 24.3 Å². The number of nitrogens with one attached hydrogen (secondary N) is 2. The van der Waals surface area contributed by atoms with Gasteiger partial charge in [-0.2, -0.15) is 0 Å². The molecule has 8 nitrogen and oxygen atoms in total. The van der Waals surface area contributed by atoms with Crippen molar-refractivity contribution in [2.75, 3.05) is 33.2 Å². The number of pyridine rings is 1. The summed E-state index contributed by atoms with van der Waals surface area (Å²) in [7, 11) is 4.87. The molecular weight excluding hydrogens is 518 g/mol. The number of nitrogens with zero attached hydrogens (tertiary/aromatic N) is 1. The molecule has 0 atom stereocenters. The van der Waals surface area contributed by atoms with Gasteiger partial charge in [0.15, 0.2) is 16.9 Å². The topological polar surface area (TPSA) is 92.9 Å². The zero-order chi connectivity index (χ0) is 28.5. The Bertz CT molecular complexity index is 1800. The number of ether oxygens (including phenoxy) is 3. The average molecular weight is 550 g/mol. The van der Waals surface area contributed by atoms with Gasteiger partial charge in [-0.15, -0.1) is 0 Å². The highest BCUT2D eigenvalue weighted by Crippen LogP contribution is 2.35. The van der Waals surface area contributed by atoms with Crippen LogP contribution in [-0.4, -0.2) is 43.7 Å². The first-order chi connectivity index (χ1) is 20.0. The van der Waals surface area contributed by atoms with Gasteiger partial charge in [0.25, 0.3) is 5.91 Å². The summed E-state index contributed by atoms with van der Waals surface area (Å²) in [6, 6.07) is 22.5. The molecule has 41 heavy (non-hydrogen) atoms. The minimum absolute atomic E-state index is 0.147. The van der Waals surface area contributed by atoms with E-state index in [2.05, 4.69) is 27.3 Å². The van der Waals surface area contributed by atoms with Crippen LogP contribution in [0.1, 0.15) is 27.0 Å². The van der Waals surface area contributed by atoms with Crippen LogP contribution < -0.4 is 25.0 Å². The average Bonchev–Trinajstić information content (AvgIpc) is 3.41. The summed E-state index contributed by atoms with van der Waals surface area (Å²) in [5.41, 5.74) is 5.68. The molecule has 0 fully saturated rings. The zero-order valence-electron chi connectivity index (χ0n) is 23.2. The van der Waals surface area contributed by atoms with Gasteiger partial charge in [0.2, 0.25) is 0 Å². The van der Waals surface area contributed by atoms with Crippen LogP contribution in [0.4, 0.5) is 5.69 Å². The maximum Gasteiger partial charge on any atom is 0.257 e. The number of anilines is 1. The minimum atomic E-state index is -0.297. The Hall–Kier alpha value is -4.82. The molecule has 6 rings (SSSR count). The van der Waals surface area contributed by atoms with E-state index in [1.54, 1.807) is 57.7 Å². The molecule has 1 aromatic heterocycles. The van der Waals surface area contributed by atoms with E-state index < -0.39 is 0 Å². The van der Waals surface area contributed by atoms with Gasteiger partial charge < -0.3 is 24.5 Å². The van der Waals surface area contributed by atoms with Crippen LogP contribution in [0.15, 0.2) is 77.6 Å². The van der Waals surface area contributed by atoms with E-state index in [1.165, 1.54) is 16.7 Å². The number of carbonyl (C=O) groups is 1. The molecule has 5 aromatic rings. The first-order valence-electron chi connectivity index (χ1n) is 13.5. The molecule has 0 unspecified atom stereocenters. The van der Waals surface area contributed by atoms with Crippen LogP contribution in [0, 0.1) is 0 Å². The third-order valence-electron chi connectivity index (χ3n) is 7.72. The number of rotatable bonds is 8. The fraction of sp³-hybridized carbons (Fsp3) is 0.212. The minimum Gasteiger partial charge on any atom is -0.495 e. The number of benzene rings is 4. The number of aromatic nitrogens is 1. The number of fused-ring (bicyclic) bond motifs is 3. The molecule has 1 aliphatic heterocycles. The van der Waals surface area contributed by atoms with E-state index in [0.29, 0.717) is 38.8 Å². The lowest BCUT2D eigenvalue weighted by Crippen LogP contribution is -2.19. The van der Waals surface area contributed by atoms with Crippen LogP contribution >= 0.6 is 0 Å². The number of aromatic amines is 1. The van der Waals surface area contributed by atoms with Gasteiger partial charge in [-0.05, 0) is 71.6 Å². The standard InChI is InChI=1S/C33H31N3O5/c1-39-27-9-5-7-25-31(27)35-30-24(32(25)37)6-4-8-26(30)33(38)34-23-12-10-20(11-13-23)14-15-36-18-21-16-28(40-2)29(41-3)17-22(21)19-36/h4-13,16-17H,14-15,18-19H2,1-3H3,(H,34,38)(H,35,37). The molecule has 2 N–H and O–H groups in total. The number of H-pyrrole nitrogens is 1. The van der Waals surface area contributed by atoms with Crippen LogP contribution in [0.5, 0.6) is 17.2 Å². The van der Waals surface area contributed by atoms with Gasteiger partial charge in [0.05, 0.1) is 37.9 Å². The van der Waals surface area contributed by atoms with Gasteiger partial charge in [-0.1, -0.05) is 24.3 Å². The number of hydrogen-bond donors (Lipinski definition) is 2. The fourth-order valence-corrected chi connectivity index (χ4v) is 5.55. The van der Waals surface area contributed by atoms with Gasteiger partial charge in [0, 0.05) is 36.1 Å². The Morgan fingerprint density at radius 1 is 0.805 bits per heavy atom. The SMILES string of the molecule is COc1cc2c(cc1OC)CN(CCc1ccc(NC(=O)c3cccc4c(=O)c5cccc(OC)c5[nH]c34)cc1)C2. The lowest BCUT2D eigenvalue weighted by atomic mass is 10.1. The summed E-state index contributed by atoms with van der Waals surface area (Å²) < 4.78 is 16.3. The van der Waals surface area contributed by atoms with Crippen LogP contribution in [-0.2, 0) is 19.5 Å². The van der Waals surface area contributed by atoms with Crippen LogP contribution in [0.2, 0.25) is 0 Å². The molecule has 4 aromatic carbocycles. The van der Waals surface area contributed by atoms with Crippen molar-refractivity contribution >= 4 is 33.4 Å². The van der Waals surface area contributed by atoms with Gasteiger partial charge in [0.1, 0.15) is 5.75 Å². The lowest BCUT2D eigenvalue weighted by Gasteiger charge is -2.15. The normalized spacial score (nSPS) is 12.9. The molecule has 1 aliphatic rings. The molecule has 1 amide bonds. The summed E-state index contributed by atoms with van der Waals surface area (Å²) in [6.07, 6.45) is 0.885. The molecule has 208 valence electrons. The highest BCUT2D eigenvalue weighted by molar-refractivity contribution is 6.13. The third kappa shape index (κ3) is 4.98. The van der Waals surface area contributed by atoms with Crippen molar-refractivity contribution in [3.05, 3.63) is 105 Å². The van der Waals surface area contributed by atoms with E-state index in [4.69, 9.17) is 14.2 Å². The number of hydrogen-bond acceptors (Lipinski definition) is 6. The van der Waals surface area contributed by atoms with Crippen LogP contribution in [0.25, 0.3) is 21.8 Å². The fourth-order valence-electron chi connectivity index (χ4n) is 5.55. The van der Waals surface area contributed by atoms with E-state index >= 15 is 0 Å². The first kappa shape index (κ1) is 26.4. The van der Waals surface area contributed by atoms with Gasteiger partial charge in [-0.25, -0.2) is 0 Å². The monoisotopic (exact) mass is 549 g/mol. The highest BCUT2D eigenvalue weighted by Gasteiger charge is 2.22. The highest BCUT2D eigenvalue weighted by atomic mass is 16.5. The number of carbonyl (C=O) groups excluding carboxylic acids is 1. The Balaban J connectivity index is 1.14. The van der Waals surface area contributed by atoms with Crippen molar-refractivity contribution in [2.45, 2.75) is 19.5 Å². The largest absolute Gasteiger partial charge is 0.495 e. The second kappa shape index (κ2) is 11.0. The predicted molar refractivity (Wildman–Crippen MR) is 160 cm³/mol. The van der Waals surface area contributed by atoms with E-state index in [9.17, 15) is 9.59 Å². The summed E-state index contributed by atoms with van der Waals surface area (Å²) >= 11 is 0. The quantitative estimate of drug-likeness (QED) is 0.248. The van der Waals surface area contributed by atoms with Crippen molar-refractivity contribution in [1.29, 1.82) is 0 Å².